The predicted octanol–water partition coefficient (Wildman–Crippen LogP) is 1.61. The number of piperidine rings is 1. The Morgan fingerprint density at radius 1 is 1.21 bits per heavy atom. The number of nitrogens with one attached hydrogen (secondary N) is 2. The number of amides is 1. The third kappa shape index (κ3) is 4.77. The van der Waals surface area contributed by atoms with Gasteiger partial charge in [-0.3, -0.25) is 4.79 Å². The number of carbonyl (C=O) groups excluding carboxylic acids is 1. The molecule has 0 aromatic heterocycles. The lowest BCUT2D eigenvalue weighted by Gasteiger charge is -2.35. The summed E-state index contributed by atoms with van der Waals surface area (Å²) in [5.74, 6) is 0.274. The Kier molecular flexibility index (Phi) is 7.39. The normalized spacial score (nSPS) is 18.5. The lowest BCUT2D eigenvalue weighted by Crippen LogP contribution is -2.47. The number of hydrogen-bond donors (Lipinski definition) is 2. The van der Waals surface area contributed by atoms with Gasteiger partial charge < -0.3 is 15.5 Å². The minimum Gasteiger partial charge on any atom is -0.356 e. The lowest BCUT2D eigenvalue weighted by molar-refractivity contribution is -0.132. The molecule has 0 aromatic rings. The van der Waals surface area contributed by atoms with Gasteiger partial charge >= 0.3 is 0 Å². The second-order valence-corrected chi connectivity index (χ2v) is 5.52. The van der Waals surface area contributed by atoms with Crippen LogP contribution in [0.5, 0.6) is 0 Å². The van der Waals surface area contributed by atoms with E-state index in [0.717, 1.165) is 65.0 Å². The Morgan fingerprint density at radius 2 is 1.84 bits per heavy atom. The second-order valence-electron chi connectivity index (χ2n) is 5.52. The van der Waals surface area contributed by atoms with Crippen LogP contribution in [0.2, 0.25) is 0 Å². The Labute approximate surface area is 118 Å². The molecule has 19 heavy (non-hydrogen) atoms. The number of hydrogen-bond acceptors (Lipinski definition) is 3. The SMILES string of the molecule is CCN(CC)CCCNC(=O)C1(CC)CCNCC1. The average molecular weight is 269 g/mol. The van der Waals surface area contributed by atoms with Crippen LogP contribution in [0, 0.1) is 5.41 Å². The van der Waals surface area contributed by atoms with Crippen molar-refractivity contribution in [2.75, 3.05) is 39.3 Å². The fourth-order valence-corrected chi connectivity index (χ4v) is 2.88. The van der Waals surface area contributed by atoms with E-state index in [1.165, 1.54) is 0 Å². The van der Waals surface area contributed by atoms with Crippen LogP contribution in [0.4, 0.5) is 0 Å². The summed E-state index contributed by atoms with van der Waals surface area (Å²) in [6, 6.07) is 0. The van der Waals surface area contributed by atoms with Gasteiger partial charge in [-0.2, -0.15) is 0 Å². The van der Waals surface area contributed by atoms with Crippen molar-refractivity contribution in [1.82, 2.24) is 15.5 Å². The van der Waals surface area contributed by atoms with Crippen LogP contribution >= 0.6 is 0 Å². The second kappa shape index (κ2) is 8.54. The molecule has 0 aliphatic carbocycles. The van der Waals surface area contributed by atoms with E-state index >= 15 is 0 Å². The molecule has 0 unspecified atom stereocenters. The number of carbonyl (C=O) groups is 1. The summed E-state index contributed by atoms with van der Waals surface area (Å²) in [5.41, 5.74) is -0.111. The van der Waals surface area contributed by atoms with E-state index < -0.39 is 0 Å². The first-order valence-electron chi connectivity index (χ1n) is 7.90. The zero-order valence-electron chi connectivity index (χ0n) is 12.9. The molecule has 1 heterocycles. The standard InChI is InChI=1S/C15H31N3O/c1-4-15(8-11-16-12-9-15)14(19)17-10-7-13-18(5-2)6-3/h16H,4-13H2,1-3H3,(H,17,19). The molecule has 2 N–H and O–H groups in total. The Bertz CT molecular complexity index is 258. The highest BCUT2D eigenvalue weighted by atomic mass is 16.2. The summed E-state index contributed by atoms with van der Waals surface area (Å²) < 4.78 is 0. The molecule has 1 saturated heterocycles. The van der Waals surface area contributed by atoms with E-state index in [9.17, 15) is 4.79 Å². The number of nitrogens with zero attached hydrogens (tertiary/aromatic N) is 1. The Morgan fingerprint density at radius 3 is 2.37 bits per heavy atom. The van der Waals surface area contributed by atoms with Crippen LogP contribution in [0.1, 0.15) is 46.5 Å². The summed E-state index contributed by atoms with van der Waals surface area (Å²) >= 11 is 0. The molecule has 1 fully saturated rings. The van der Waals surface area contributed by atoms with Crippen molar-refractivity contribution in [3.8, 4) is 0 Å². The highest BCUT2D eigenvalue weighted by Gasteiger charge is 2.37. The van der Waals surface area contributed by atoms with E-state index in [-0.39, 0.29) is 11.3 Å². The van der Waals surface area contributed by atoms with E-state index in [2.05, 4.69) is 36.3 Å². The maximum atomic E-state index is 12.4. The van der Waals surface area contributed by atoms with Gasteiger partial charge in [0.2, 0.25) is 5.91 Å². The van der Waals surface area contributed by atoms with Crippen molar-refractivity contribution in [1.29, 1.82) is 0 Å². The highest BCUT2D eigenvalue weighted by molar-refractivity contribution is 5.82. The Hall–Kier alpha value is -0.610. The molecule has 0 atom stereocenters. The highest BCUT2D eigenvalue weighted by Crippen LogP contribution is 2.32. The smallest absolute Gasteiger partial charge is 0.226 e. The van der Waals surface area contributed by atoms with Gasteiger partial charge in [-0.25, -0.2) is 0 Å². The minimum absolute atomic E-state index is 0.111. The molecule has 4 nitrogen and oxygen atoms in total. The van der Waals surface area contributed by atoms with Crippen LogP contribution < -0.4 is 10.6 Å². The van der Waals surface area contributed by atoms with Crippen LogP contribution in [-0.2, 0) is 4.79 Å². The third-order valence-electron chi connectivity index (χ3n) is 4.55. The zero-order chi connectivity index (χ0) is 14.1. The first-order valence-corrected chi connectivity index (χ1v) is 7.90. The summed E-state index contributed by atoms with van der Waals surface area (Å²) in [6.45, 7) is 12.5. The monoisotopic (exact) mass is 269 g/mol. The molecule has 4 heteroatoms. The fraction of sp³-hybridized carbons (Fsp3) is 0.933. The van der Waals surface area contributed by atoms with Gasteiger partial charge in [0.25, 0.3) is 0 Å². The van der Waals surface area contributed by atoms with Gasteiger partial charge in [0.15, 0.2) is 0 Å². The van der Waals surface area contributed by atoms with Gasteiger partial charge in [-0.15, -0.1) is 0 Å². The fourth-order valence-electron chi connectivity index (χ4n) is 2.88. The summed E-state index contributed by atoms with van der Waals surface area (Å²) in [5, 5.41) is 6.49. The summed E-state index contributed by atoms with van der Waals surface area (Å²) in [4.78, 5) is 14.8. The summed E-state index contributed by atoms with van der Waals surface area (Å²) in [6.07, 6.45) is 3.96. The maximum absolute atomic E-state index is 12.4. The first-order chi connectivity index (χ1) is 9.18. The molecule has 1 aliphatic rings. The zero-order valence-corrected chi connectivity index (χ0v) is 12.9. The Balaban J connectivity index is 2.29. The van der Waals surface area contributed by atoms with Gasteiger partial charge in [0, 0.05) is 6.54 Å². The molecule has 1 amide bonds. The average Bonchev–Trinajstić information content (AvgIpc) is 2.47. The quantitative estimate of drug-likeness (QED) is 0.658. The van der Waals surface area contributed by atoms with Crippen LogP contribution in [0.3, 0.4) is 0 Å². The maximum Gasteiger partial charge on any atom is 0.226 e. The molecule has 0 radical (unpaired) electrons. The van der Waals surface area contributed by atoms with Crippen molar-refractivity contribution in [3.63, 3.8) is 0 Å². The van der Waals surface area contributed by atoms with Crippen LogP contribution in [0.15, 0.2) is 0 Å². The van der Waals surface area contributed by atoms with Gasteiger partial charge in [0.1, 0.15) is 0 Å². The van der Waals surface area contributed by atoms with Crippen molar-refractivity contribution >= 4 is 5.91 Å². The third-order valence-corrected chi connectivity index (χ3v) is 4.55. The largest absolute Gasteiger partial charge is 0.356 e. The van der Waals surface area contributed by atoms with Crippen molar-refractivity contribution in [2.24, 2.45) is 5.41 Å². The minimum atomic E-state index is -0.111. The first kappa shape index (κ1) is 16.4. The van der Waals surface area contributed by atoms with E-state index in [0.29, 0.717) is 0 Å². The van der Waals surface area contributed by atoms with E-state index in [1.807, 2.05) is 0 Å². The van der Waals surface area contributed by atoms with Crippen LogP contribution in [0.25, 0.3) is 0 Å². The molecule has 0 saturated carbocycles. The van der Waals surface area contributed by atoms with Crippen molar-refractivity contribution < 1.29 is 4.79 Å². The molecule has 0 bridgehead atoms. The van der Waals surface area contributed by atoms with Gasteiger partial charge in [0.05, 0.1) is 5.41 Å². The molecule has 0 aromatic carbocycles. The van der Waals surface area contributed by atoms with E-state index in [1.54, 1.807) is 0 Å². The number of rotatable bonds is 8. The molecule has 0 spiro atoms. The van der Waals surface area contributed by atoms with Gasteiger partial charge in [-0.1, -0.05) is 20.8 Å². The molecule has 1 aliphatic heterocycles. The van der Waals surface area contributed by atoms with Crippen molar-refractivity contribution in [2.45, 2.75) is 46.5 Å². The van der Waals surface area contributed by atoms with Crippen molar-refractivity contribution in [3.05, 3.63) is 0 Å². The van der Waals surface area contributed by atoms with Gasteiger partial charge in [-0.05, 0) is 58.4 Å². The molecular weight excluding hydrogens is 238 g/mol. The van der Waals surface area contributed by atoms with E-state index in [4.69, 9.17) is 0 Å². The predicted molar refractivity (Wildman–Crippen MR) is 80.2 cm³/mol. The summed E-state index contributed by atoms with van der Waals surface area (Å²) in [7, 11) is 0. The lowest BCUT2D eigenvalue weighted by atomic mass is 9.76. The molecule has 112 valence electrons. The topological polar surface area (TPSA) is 44.4 Å². The van der Waals surface area contributed by atoms with Crippen LogP contribution in [-0.4, -0.2) is 50.1 Å². The molecular formula is C15H31N3O. The molecule has 1 rings (SSSR count).